The number of aliphatic imine (C=N–C) groups is 1. The lowest BCUT2D eigenvalue weighted by molar-refractivity contribution is 0.557. The van der Waals surface area contributed by atoms with Gasteiger partial charge in [0.1, 0.15) is 5.76 Å². The normalized spacial score (nSPS) is 10.9. The first kappa shape index (κ1) is 8.35. The van der Waals surface area contributed by atoms with Crippen molar-refractivity contribution in [3.05, 3.63) is 30.2 Å². The fraction of sp³-hybridized carbons (Fsp3) is 0.100. The van der Waals surface area contributed by atoms with Gasteiger partial charge in [0.15, 0.2) is 0 Å². The van der Waals surface area contributed by atoms with Crippen LogP contribution in [0.15, 0.2) is 33.9 Å². The summed E-state index contributed by atoms with van der Waals surface area (Å²) in [6.45, 7) is 0.419. The Morgan fingerprint density at radius 3 is 3.25 bits per heavy atom. The summed E-state index contributed by atoms with van der Waals surface area (Å²) in [7, 11) is 0. The molecule has 0 atom stereocenters. The van der Waals surface area contributed by atoms with E-state index in [2.05, 4.69) is 10.9 Å². The molecule has 0 saturated heterocycles. The van der Waals surface area contributed by atoms with Crippen LogP contribution in [0.3, 0.4) is 0 Å². The van der Waals surface area contributed by atoms with Gasteiger partial charge in [-0.3, -0.25) is 4.99 Å². The molecule has 0 aliphatic heterocycles. The monoisotopic (exact) mass is 159 g/mol. The average molecular weight is 159 g/mol. The Balaban J connectivity index is 2.38. The van der Waals surface area contributed by atoms with Crippen molar-refractivity contribution >= 4 is 12.3 Å². The molecule has 0 N–H and O–H groups in total. The van der Waals surface area contributed by atoms with E-state index in [9.17, 15) is 0 Å². The summed E-state index contributed by atoms with van der Waals surface area (Å²) in [4.78, 5) is 3.90. The van der Waals surface area contributed by atoms with Crippen molar-refractivity contribution in [2.45, 2.75) is 0 Å². The van der Waals surface area contributed by atoms with Gasteiger partial charge < -0.3 is 4.42 Å². The van der Waals surface area contributed by atoms with Crippen molar-refractivity contribution in [1.82, 2.24) is 0 Å². The van der Waals surface area contributed by atoms with Crippen LogP contribution in [0.1, 0.15) is 5.76 Å². The van der Waals surface area contributed by atoms with Crippen LogP contribution in [0, 0.1) is 12.3 Å². The van der Waals surface area contributed by atoms with E-state index in [-0.39, 0.29) is 0 Å². The zero-order valence-electron chi connectivity index (χ0n) is 6.60. The Bertz CT molecular complexity index is 301. The van der Waals surface area contributed by atoms with Gasteiger partial charge in [-0.1, -0.05) is 5.92 Å². The first-order chi connectivity index (χ1) is 5.93. The second kappa shape index (κ2) is 4.97. The number of furan rings is 1. The minimum Gasteiger partial charge on any atom is -0.465 e. The smallest absolute Gasteiger partial charge is 0.126 e. The average Bonchev–Trinajstić information content (AvgIpc) is 2.57. The van der Waals surface area contributed by atoms with Crippen LogP contribution >= 0.6 is 0 Å². The summed E-state index contributed by atoms with van der Waals surface area (Å²) in [5.41, 5.74) is 0. The van der Waals surface area contributed by atoms with Crippen LogP contribution in [0.5, 0.6) is 0 Å². The maximum absolute atomic E-state index is 5.05. The summed E-state index contributed by atoms with van der Waals surface area (Å²) in [6, 6.07) is 3.70. The molecule has 0 bridgehead atoms. The highest BCUT2D eigenvalue weighted by Gasteiger charge is 1.83. The molecule has 1 rings (SSSR count). The van der Waals surface area contributed by atoms with Gasteiger partial charge in [0.05, 0.1) is 12.8 Å². The van der Waals surface area contributed by atoms with E-state index in [0.29, 0.717) is 6.54 Å². The van der Waals surface area contributed by atoms with Gasteiger partial charge in [-0.25, -0.2) is 0 Å². The Kier molecular flexibility index (Phi) is 3.46. The van der Waals surface area contributed by atoms with E-state index in [1.807, 2.05) is 18.2 Å². The Labute approximate surface area is 71.6 Å². The molecule has 12 heavy (non-hydrogen) atoms. The third-order valence-corrected chi connectivity index (χ3v) is 1.18. The molecule has 1 aromatic rings. The molecule has 0 aliphatic carbocycles. The zero-order valence-corrected chi connectivity index (χ0v) is 6.60. The maximum atomic E-state index is 5.05. The van der Waals surface area contributed by atoms with Gasteiger partial charge >= 0.3 is 0 Å². The molecular weight excluding hydrogens is 150 g/mol. The standard InChI is InChI=1S/C10H9NO/c1-2-7-11-8-3-5-10-6-4-9-12-10/h1,3-6,8-9H,7H2/b5-3+,11-8?. The fourth-order valence-corrected chi connectivity index (χ4v) is 0.690. The molecule has 0 aromatic carbocycles. The molecule has 1 aromatic heterocycles. The fourth-order valence-electron chi connectivity index (χ4n) is 0.690. The van der Waals surface area contributed by atoms with Crippen molar-refractivity contribution in [2.24, 2.45) is 4.99 Å². The van der Waals surface area contributed by atoms with Gasteiger partial charge in [-0.15, -0.1) is 6.42 Å². The number of nitrogens with zero attached hydrogens (tertiary/aromatic N) is 1. The Hall–Kier alpha value is -1.75. The minimum atomic E-state index is 0.419. The van der Waals surface area contributed by atoms with Crippen LogP contribution in [0.2, 0.25) is 0 Å². The second-order valence-electron chi connectivity index (χ2n) is 2.07. The van der Waals surface area contributed by atoms with Gasteiger partial charge in [0.25, 0.3) is 0 Å². The van der Waals surface area contributed by atoms with E-state index >= 15 is 0 Å². The van der Waals surface area contributed by atoms with E-state index in [4.69, 9.17) is 10.8 Å². The van der Waals surface area contributed by atoms with Crippen molar-refractivity contribution < 1.29 is 4.42 Å². The van der Waals surface area contributed by atoms with Crippen LogP contribution in [-0.4, -0.2) is 12.8 Å². The number of terminal acetylenes is 1. The quantitative estimate of drug-likeness (QED) is 0.489. The molecule has 2 heteroatoms. The van der Waals surface area contributed by atoms with E-state index in [1.165, 1.54) is 0 Å². The topological polar surface area (TPSA) is 25.5 Å². The molecule has 2 nitrogen and oxygen atoms in total. The summed E-state index contributed by atoms with van der Waals surface area (Å²) >= 11 is 0. The lowest BCUT2D eigenvalue weighted by Crippen LogP contribution is -1.71. The third kappa shape index (κ3) is 2.89. The van der Waals surface area contributed by atoms with Crippen molar-refractivity contribution in [3.63, 3.8) is 0 Å². The van der Waals surface area contributed by atoms with E-state index in [1.54, 1.807) is 18.6 Å². The zero-order chi connectivity index (χ0) is 8.65. The molecule has 0 aliphatic rings. The highest BCUT2D eigenvalue weighted by molar-refractivity contribution is 5.77. The third-order valence-electron chi connectivity index (χ3n) is 1.18. The maximum Gasteiger partial charge on any atom is 0.126 e. The number of rotatable bonds is 3. The molecule has 0 spiro atoms. The molecule has 0 unspecified atom stereocenters. The van der Waals surface area contributed by atoms with Crippen LogP contribution in [-0.2, 0) is 0 Å². The number of hydrogen-bond donors (Lipinski definition) is 0. The van der Waals surface area contributed by atoms with Gasteiger partial charge in [-0.05, 0) is 24.3 Å². The lowest BCUT2D eigenvalue weighted by atomic mass is 10.4. The number of hydrogen-bond acceptors (Lipinski definition) is 2. The molecule has 0 amide bonds. The van der Waals surface area contributed by atoms with Crippen molar-refractivity contribution in [1.29, 1.82) is 0 Å². The number of allylic oxidation sites excluding steroid dienone is 1. The largest absolute Gasteiger partial charge is 0.465 e. The molecule has 0 fully saturated rings. The SMILES string of the molecule is C#CCN=C/C=C/c1ccco1. The highest BCUT2D eigenvalue weighted by atomic mass is 16.3. The predicted octanol–water partition coefficient (Wildman–Crippen LogP) is 2.00. The summed E-state index contributed by atoms with van der Waals surface area (Å²) in [5, 5.41) is 0. The van der Waals surface area contributed by atoms with Gasteiger partial charge in [-0.2, -0.15) is 0 Å². The first-order valence-electron chi connectivity index (χ1n) is 3.57. The molecule has 1 heterocycles. The highest BCUT2D eigenvalue weighted by Crippen LogP contribution is 2.00. The minimum absolute atomic E-state index is 0.419. The Morgan fingerprint density at radius 2 is 2.58 bits per heavy atom. The van der Waals surface area contributed by atoms with Crippen LogP contribution < -0.4 is 0 Å². The summed E-state index contributed by atoms with van der Waals surface area (Å²) < 4.78 is 5.05. The lowest BCUT2D eigenvalue weighted by Gasteiger charge is -1.79. The first-order valence-corrected chi connectivity index (χ1v) is 3.57. The van der Waals surface area contributed by atoms with Crippen LogP contribution in [0.4, 0.5) is 0 Å². The van der Waals surface area contributed by atoms with Gasteiger partial charge in [0.2, 0.25) is 0 Å². The van der Waals surface area contributed by atoms with E-state index in [0.717, 1.165) is 5.76 Å². The van der Waals surface area contributed by atoms with Gasteiger partial charge in [0, 0.05) is 6.21 Å². The second-order valence-corrected chi connectivity index (χ2v) is 2.07. The molecular formula is C10H9NO. The van der Waals surface area contributed by atoms with E-state index < -0.39 is 0 Å². The summed E-state index contributed by atoms with van der Waals surface area (Å²) in [5.74, 6) is 3.21. The summed E-state index contributed by atoms with van der Waals surface area (Å²) in [6.07, 6.45) is 11.9. The van der Waals surface area contributed by atoms with Crippen LogP contribution in [0.25, 0.3) is 6.08 Å². The predicted molar refractivity (Wildman–Crippen MR) is 49.9 cm³/mol. The van der Waals surface area contributed by atoms with Crippen molar-refractivity contribution in [3.8, 4) is 12.3 Å². The molecule has 0 radical (unpaired) electrons. The molecule has 0 saturated carbocycles. The van der Waals surface area contributed by atoms with Crippen molar-refractivity contribution in [2.75, 3.05) is 6.54 Å². The molecule has 60 valence electrons. The Morgan fingerprint density at radius 1 is 1.67 bits per heavy atom.